The van der Waals surface area contributed by atoms with E-state index >= 15 is 0 Å². The van der Waals surface area contributed by atoms with Crippen molar-refractivity contribution in [1.82, 2.24) is 5.32 Å². The van der Waals surface area contributed by atoms with Gasteiger partial charge in [-0.3, -0.25) is 4.79 Å². The summed E-state index contributed by atoms with van der Waals surface area (Å²) in [6, 6.07) is 12.9. The molecule has 1 aromatic carbocycles. The molecule has 0 fully saturated rings. The highest BCUT2D eigenvalue weighted by atomic mass is 127. The number of carbonyl (C=O) groups is 2. The Morgan fingerprint density at radius 1 is 1.26 bits per heavy atom. The van der Waals surface area contributed by atoms with Crippen molar-refractivity contribution < 1.29 is 18.7 Å². The highest BCUT2D eigenvalue weighted by Gasteiger charge is 2.10. The van der Waals surface area contributed by atoms with Crippen molar-refractivity contribution in [2.75, 3.05) is 6.61 Å². The quantitative estimate of drug-likeness (QED) is 0.438. The summed E-state index contributed by atoms with van der Waals surface area (Å²) in [7, 11) is 0. The Morgan fingerprint density at radius 3 is 2.65 bits per heavy atom. The summed E-state index contributed by atoms with van der Waals surface area (Å²) in [6.07, 6.45) is 2.72. The molecule has 2 aromatic rings. The Balaban J connectivity index is 1.75. The van der Waals surface area contributed by atoms with E-state index in [1.54, 1.807) is 12.1 Å². The van der Waals surface area contributed by atoms with E-state index in [-0.39, 0.29) is 18.6 Å². The number of ether oxygens (including phenoxy) is 1. The van der Waals surface area contributed by atoms with Gasteiger partial charge in [-0.05, 0) is 53.3 Å². The SMILES string of the molecule is C[C@H](NC(=O)COC(=O)/C=C/c1ccc(I)o1)c1ccccc1. The maximum absolute atomic E-state index is 11.8. The molecular formula is C17H16INO4. The van der Waals surface area contributed by atoms with Gasteiger partial charge in [-0.1, -0.05) is 30.3 Å². The number of benzene rings is 1. The molecule has 0 spiro atoms. The first-order valence-electron chi connectivity index (χ1n) is 6.99. The van der Waals surface area contributed by atoms with E-state index in [1.807, 2.05) is 59.8 Å². The van der Waals surface area contributed by atoms with Crippen molar-refractivity contribution in [1.29, 1.82) is 0 Å². The smallest absolute Gasteiger partial charge is 0.331 e. The maximum atomic E-state index is 11.8. The van der Waals surface area contributed by atoms with Crippen LogP contribution in [0, 0.1) is 3.77 Å². The fraction of sp³-hybridized carbons (Fsp3) is 0.176. The minimum atomic E-state index is -0.598. The third kappa shape index (κ3) is 5.90. The Bertz CT molecular complexity index is 694. The predicted molar refractivity (Wildman–Crippen MR) is 94.4 cm³/mol. The van der Waals surface area contributed by atoms with Gasteiger partial charge in [-0.25, -0.2) is 4.79 Å². The van der Waals surface area contributed by atoms with Gasteiger partial charge < -0.3 is 14.5 Å². The summed E-state index contributed by atoms with van der Waals surface area (Å²) in [4.78, 5) is 23.3. The summed E-state index contributed by atoms with van der Waals surface area (Å²) >= 11 is 2.03. The number of nitrogens with one attached hydrogen (secondary N) is 1. The topological polar surface area (TPSA) is 68.5 Å². The fourth-order valence-corrected chi connectivity index (χ4v) is 2.30. The van der Waals surface area contributed by atoms with Crippen LogP contribution in [0.5, 0.6) is 0 Å². The lowest BCUT2D eigenvalue weighted by molar-refractivity contribution is -0.144. The molecule has 0 unspecified atom stereocenters. The van der Waals surface area contributed by atoms with Gasteiger partial charge in [0, 0.05) is 6.08 Å². The molecule has 120 valence electrons. The van der Waals surface area contributed by atoms with Crippen molar-refractivity contribution in [3.63, 3.8) is 0 Å². The number of halogens is 1. The lowest BCUT2D eigenvalue weighted by Gasteiger charge is -2.13. The van der Waals surface area contributed by atoms with Crippen LogP contribution in [0.3, 0.4) is 0 Å². The molecule has 1 aromatic heterocycles. The average Bonchev–Trinajstić information content (AvgIpc) is 2.97. The number of amides is 1. The molecule has 1 amide bonds. The summed E-state index contributed by atoms with van der Waals surface area (Å²) in [5, 5.41) is 2.77. The largest absolute Gasteiger partial charge is 0.452 e. The van der Waals surface area contributed by atoms with Crippen LogP contribution in [-0.4, -0.2) is 18.5 Å². The molecule has 0 aliphatic carbocycles. The van der Waals surface area contributed by atoms with Crippen LogP contribution in [0.25, 0.3) is 6.08 Å². The zero-order valence-electron chi connectivity index (χ0n) is 12.5. The lowest BCUT2D eigenvalue weighted by Crippen LogP contribution is -2.30. The van der Waals surface area contributed by atoms with Crippen LogP contribution in [0.2, 0.25) is 0 Å². The first-order chi connectivity index (χ1) is 11.0. The predicted octanol–water partition coefficient (Wildman–Crippen LogP) is 3.32. The normalized spacial score (nSPS) is 12.1. The maximum Gasteiger partial charge on any atom is 0.331 e. The molecular weight excluding hydrogens is 409 g/mol. The minimum absolute atomic E-state index is 0.150. The molecule has 0 aliphatic rings. The summed E-state index contributed by atoms with van der Waals surface area (Å²) in [5.74, 6) is -0.400. The zero-order chi connectivity index (χ0) is 16.7. The average molecular weight is 425 g/mol. The van der Waals surface area contributed by atoms with Gasteiger partial charge in [0.1, 0.15) is 5.76 Å². The molecule has 1 atom stereocenters. The molecule has 0 bridgehead atoms. The second-order valence-corrected chi connectivity index (χ2v) is 5.85. The first kappa shape index (κ1) is 17.3. The van der Waals surface area contributed by atoms with Crippen LogP contribution in [0.15, 0.2) is 53.0 Å². The van der Waals surface area contributed by atoms with E-state index in [0.29, 0.717) is 5.76 Å². The van der Waals surface area contributed by atoms with Crippen molar-refractivity contribution in [2.24, 2.45) is 0 Å². The van der Waals surface area contributed by atoms with E-state index < -0.39 is 5.97 Å². The van der Waals surface area contributed by atoms with Crippen molar-refractivity contribution in [3.05, 3.63) is 63.6 Å². The lowest BCUT2D eigenvalue weighted by atomic mass is 10.1. The standard InChI is InChI=1S/C17H16INO4/c1-12(13-5-3-2-4-6-13)19-16(20)11-22-17(21)10-8-14-7-9-15(18)23-14/h2-10,12H,11H2,1H3,(H,19,20)/b10-8+/t12-/m0/s1. The molecule has 23 heavy (non-hydrogen) atoms. The molecule has 1 N–H and O–H groups in total. The number of furan rings is 1. The van der Waals surface area contributed by atoms with Gasteiger partial charge in [-0.15, -0.1) is 0 Å². The number of carbonyl (C=O) groups excluding carboxylic acids is 2. The Kier molecular flexibility index (Phi) is 6.40. The van der Waals surface area contributed by atoms with E-state index in [1.165, 1.54) is 12.2 Å². The van der Waals surface area contributed by atoms with E-state index in [4.69, 9.17) is 9.15 Å². The molecule has 0 radical (unpaired) electrons. The molecule has 5 nitrogen and oxygen atoms in total. The second-order valence-electron chi connectivity index (χ2n) is 4.78. The summed E-state index contributed by atoms with van der Waals surface area (Å²) < 4.78 is 10.9. The minimum Gasteiger partial charge on any atom is -0.452 e. The second kappa shape index (κ2) is 8.52. The number of rotatable bonds is 6. The van der Waals surface area contributed by atoms with Crippen LogP contribution < -0.4 is 5.32 Å². The monoisotopic (exact) mass is 425 g/mol. The van der Waals surface area contributed by atoms with Crippen molar-refractivity contribution in [3.8, 4) is 0 Å². The van der Waals surface area contributed by atoms with Gasteiger partial charge in [0.15, 0.2) is 10.4 Å². The van der Waals surface area contributed by atoms with E-state index in [2.05, 4.69) is 5.32 Å². The summed E-state index contributed by atoms with van der Waals surface area (Å²) in [6.45, 7) is 1.55. The molecule has 1 heterocycles. The number of hydrogen-bond acceptors (Lipinski definition) is 4. The molecule has 2 rings (SSSR count). The number of hydrogen-bond donors (Lipinski definition) is 1. The van der Waals surface area contributed by atoms with Gasteiger partial charge >= 0.3 is 5.97 Å². The van der Waals surface area contributed by atoms with Crippen LogP contribution in [0.4, 0.5) is 0 Å². The molecule has 0 aliphatic heterocycles. The van der Waals surface area contributed by atoms with Crippen molar-refractivity contribution in [2.45, 2.75) is 13.0 Å². The van der Waals surface area contributed by atoms with E-state index in [0.717, 1.165) is 9.33 Å². The Labute approximate surface area is 147 Å². The van der Waals surface area contributed by atoms with E-state index in [9.17, 15) is 9.59 Å². The van der Waals surface area contributed by atoms with Gasteiger partial charge in [0.2, 0.25) is 0 Å². The van der Waals surface area contributed by atoms with Crippen LogP contribution in [-0.2, 0) is 14.3 Å². The third-order valence-electron chi connectivity index (χ3n) is 3.00. The summed E-state index contributed by atoms with van der Waals surface area (Å²) in [5.41, 5.74) is 0.986. The molecule has 0 saturated carbocycles. The van der Waals surface area contributed by atoms with Crippen LogP contribution >= 0.6 is 22.6 Å². The van der Waals surface area contributed by atoms with Crippen LogP contribution in [0.1, 0.15) is 24.3 Å². The number of esters is 1. The van der Waals surface area contributed by atoms with Gasteiger partial charge in [-0.2, -0.15) is 0 Å². The first-order valence-corrected chi connectivity index (χ1v) is 8.07. The Hall–Kier alpha value is -2.09. The van der Waals surface area contributed by atoms with Crippen molar-refractivity contribution >= 4 is 40.5 Å². The highest BCUT2D eigenvalue weighted by molar-refractivity contribution is 14.1. The fourth-order valence-electron chi connectivity index (χ4n) is 1.86. The van der Waals surface area contributed by atoms with Gasteiger partial charge in [0.05, 0.1) is 6.04 Å². The Morgan fingerprint density at radius 2 is 2.00 bits per heavy atom. The highest BCUT2D eigenvalue weighted by Crippen LogP contribution is 2.12. The molecule has 6 heteroatoms. The van der Waals surface area contributed by atoms with Gasteiger partial charge in [0.25, 0.3) is 5.91 Å². The zero-order valence-corrected chi connectivity index (χ0v) is 14.6. The molecule has 0 saturated heterocycles. The third-order valence-corrected chi connectivity index (χ3v) is 3.58.